The number of nitrogens with one attached hydrogen (secondary N) is 2. The third kappa shape index (κ3) is 7.49. The quantitative estimate of drug-likeness (QED) is 0.547. The van der Waals surface area contributed by atoms with Gasteiger partial charge in [0.25, 0.3) is 0 Å². The normalized spacial score (nSPS) is 20.8. The monoisotopic (exact) mass is 340 g/mol. The molecule has 1 unspecified atom stereocenters. The van der Waals surface area contributed by atoms with Crippen molar-refractivity contribution in [2.45, 2.75) is 39.3 Å². The number of likely N-dealkylation sites (N-methyl/N-ethyl adjacent to an activating group) is 3. The van der Waals surface area contributed by atoms with Crippen LogP contribution < -0.4 is 10.6 Å². The lowest BCUT2D eigenvalue weighted by molar-refractivity contribution is -0.122. The van der Waals surface area contributed by atoms with Crippen LogP contribution in [0.3, 0.4) is 0 Å². The third-order valence-electron chi connectivity index (χ3n) is 4.02. The molecule has 0 aromatic rings. The van der Waals surface area contributed by atoms with Gasteiger partial charge in [-0.1, -0.05) is 0 Å². The zero-order chi connectivity index (χ0) is 18.3. The van der Waals surface area contributed by atoms with Crippen LogP contribution in [0.4, 0.5) is 0 Å². The maximum Gasteiger partial charge on any atom is 0.240 e. The van der Waals surface area contributed by atoms with E-state index in [1.54, 1.807) is 0 Å². The minimum Gasteiger partial charge on any atom is -0.357 e. The van der Waals surface area contributed by atoms with Gasteiger partial charge in [-0.25, -0.2) is 0 Å². The first kappa shape index (κ1) is 20.7. The van der Waals surface area contributed by atoms with E-state index in [1.807, 2.05) is 39.6 Å². The van der Waals surface area contributed by atoms with E-state index in [-0.39, 0.29) is 11.4 Å². The average molecular weight is 341 g/mol. The van der Waals surface area contributed by atoms with E-state index in [0.29, 0.717) is 12.6 Å². The fourth-order valence-electron chi connectivity index (χ4n) is 2.71. The van der Waals surface area contributed by atoms with Gasteiger partial charge >= 0.3 is 0 Å². The zero-order valence-corrected chi connectivity index (χ0v) is 16.5. The standard InChI is InChI=1S/C17H36N6O/c1-8-18-16(23(7)13-15(24)20-17(2,3)4)19-11-14-12-21(5)9-10-22(14)6/h14H,8-13H2,1-7H3,(H,18,19)(H,20,24). The number of carbonyl (C=O) groups excluding carboxylic acids is 1. The summed E-state index contributed by atoms with van der Waals surface area (Å²) in [7, 11) is 6.21. The van der Waals surface area contributed by atoms with Crippen molar-refractivity contribution in [3.05, 3.63) is 0 Å². The van der Waals surface area contributed by atoms with Crippen molar-refractivity contribution in [2.75, 3.05) is 60.4 Å². The number of carbonyl (C=O) groups is 1. The van der Waals surface area contributed by atoms with Crippen molar-refractivity contribution in [3.8, 4) is 0 Å². The highest BCUT2D eigenvalue weighted by molar-refractivity contribution is 5.86. The Kier molecular flexibility index (Phi) is 7.96. The van der Waals surface area contributed by atoms with Crippen LogP contribution in [0.2, 0.25) is 0 Å². The van der Waals surface area contributed by atoms with Gasteiger partial charge in [0.05, 0.1) is 13.1 Å². The molecule has 1 heterocycles. The average Bonchev–Trinajstić information content (AvgIpc) is 2.44. The molecule has 0 spiro atoms. The van der Waals surface area contributed by atoms with E-state index in [0.717, 1.165) is 38.7 Å². The molecular weight excluding hydrogens is 304 g/mol. The first-order valence-corrected chi connectivity index (χ1v) is 8.81. The van der Waals surface area contributed by atoms with Crippen molar-refractivity contribution in [1.82, 2.24) is 25.3 Å². The van der Waals surface area contributed by atoms with E-state index < -0.39 is 0 Å². The van der Waals surface area contributed by atoms with Crippen LogP contribution in [0.5, 0.6) is 0 Å². The molecule has 1 atom stereocenters. The van der Waals surface area contributed by atoms with E-state index in [9.17, 15) is 4.79 Å². The number of piperazine rings is 1. The van der Waals surface area contributed by atoms with Gasteiger partial charge in [0.2, 0.25) is 5.91 Å². The molecule has 1 rings (SSSR count). The Labute approximate surface area is 147 Å². The molecule has 1 saturated heterocycles. The fourth-order valence-corrected chi connectivity index (χ4v) is 2.71. The van der Waals surface area contributed by atoms with Crippen LogP contribution in [0.25, 0.3) is 0 Å². The molecule has 1 aliphatic heterocycles. The maximum atomic E-state index is 12.1. The lowest BCUT2D eigenvalue weighted by Crippen LogP contribution is -2.52. The summed E-state index contributed by atoms with van der Waals surface area (Å²) in [5, 5.41) is 6.27. The number of amides is 1. The van der Waals surface area contributed by atoms with Gasteiger partial charge < -0.3 is 20.4 Å². The first-order chi connectivity index (χ1) is 11.1. The van der Waals surface area contributed by atoms with Crippen molar-refractivity contribution in [3.63, 3.8) is 0 Å². The molecule has 1 fully saturated rings. The van der Waals surface area contributed by atoms with Crippen LogP contribution in [0.15, 0.2) is 4.99 Å². The summed E-state index contributed by atoms with van der Waals surface area (Å²) < 4.78 is 0. The summed E-state index contributed by atoms with van der Waals surface area (Å²) in [6.07, 6.45) is 0. The third-order valence-corrected chi connectivity index (χ3v) is 4.02. The van der Waals surface area contributed by atoms with Gasteiger partial charge in [-0.2, -0.15) is 0 Å². The van der Waals surface area contributed by atoms with Crippen LogP contribution in [0.1, 0.15) is 27.7 Å². The minimum absolute atomic E-state index is 0.00474. The van der Waals surface area contributed by atoms with E-state index in [4.69, 9.17) is 4.99 Å². The van der Waals surface area contributed by atoms with Crippen molar-refractivity contribution < 1.29 is 4.79 Å². The highest BCUT2D eigenvalue weighted by Gasteiger charge is 2.22. The first-order valence-electron chi connectivity index (χ1n) is 8.81. The second-order valence-electron chi connectivity index (χ2n) is 7.75. The molecule has 1 amide bonds. The van der Waals surface area contributed by atoms with Crippen LogP contribution in [-0.2, 0) is 4.79 Å². The van der Waals surface area contributed by atoms with Gasteiger partial charge in [-0.15, -0.1) is 0 Å². The summed E-state index contributed by atoms with van der Waals surface area (Å²) in [5.41, 5.74) is -0.219. The molecule has 7 nitrogen and oxygen atoms in total. The number of aliphatic imine (C=N–C) groups is 1. The highest BCUT2D eigenvalue weighted by Crippen LogP contribution is 2.06. The second-order valence-corrected chi connectivity index (χ2v) is 7.75. The minimum atomic E-state index is -0.219. The van der Waals surface area contributed by atoms with Gasteiger partial charge in [-0.05, 0) is 41.8 Å². The molecule has 0 aromatic heterocycles. The predicted octanol–water partition coefficient (Wildman–Crippen LogP) is 0.0442. The fraction of sp³-hybridized carbons (Fsp3) is 0.882. The Morgan fingerprint density at radius 2 is 1.96 bits per heavy atom. The van der Waals surface area contributed by atoms with Crippen molar-refractivity contribution >= 4 is 11.9 Å². The van der Waals surface area contributed by atoms with Crippen molar-refractivity contribution in [1.29, 1.82) is 0 Å². The van der Waals surface area contributed by atoms with E-state index in [2.05, 4.69) is 34.5 Å². The predicted molar refractivity (Wildman–Crippen MR) is 100 cm³/mol. The Hall–Kier alpha value is -1.34. The van der Waals surface area contributed by atoms with Gasteiger partial charge in [0, 0.05) is 44.8 Å². The molecule has 140 valence electrons. The van der Waals surface area contributed by atoms with Gasteiger partial charge in [-0.3, -0.25) is 14.7 Å². The molecule has 0 radical (unpaired) electrons. The van der Waals surface area contributed by atoms with Gasteiger partial charge in [0.15, 0.2) is 5.96 Å². The zero-order valence-electron chi connectivity index (χ0n) is 16.5. The Balaban J connectivity index is 2.65. The number of hydrogen-bond donors (Lipinski definition) is 2. The summed E-state index contributed by atoms with van der Waals surface area (Å²) in [5.74, 6) is 0.785. The number of rotatable bonds is 5. The SMILES string of the molecule is CCNC(=NCC1CN(C)CCN1C)N(C)CC(=O)NC(C)(C)C. The molecule has 0 aromatic carbocycles. The number of nitrogens with zero attached hydrogens (tertiary/aromatic N) is 4. The van der Waals surface area contributed by atoms with Gasteiger partial charge in [0.1, 0.15) is 0 Å². The molecule has 24 heavy (non-hydrogen) atoms. The van der Waals surface area contributed by atoms with Crippen LogP contribution in [0, 0.1) is 0 Å². The lowest BCUT2D eigenvalue weighted by Gasteiger charge is -2.37. The van der Waals surface area contributed by atoms with E-state index in [1.165, 1.54) is 0 Å². The molecule has 0 saturated carbocycles. The maximum absolute atomic E-state index is 12.1. The second kappa shape index (κ2) is 9.22. The van der Waals surface area contributed by atoms with Crippen LogP contribution in [-0.4, -0.2) is 98.6 Å². The Morgan fingerprint density at radius 1 is 1.29 bits per heavy atom. The topological polar surface area (TPSA) is 63.2 Å². The Bertz CT molecular complexity index is 431. The summed E-state index contributed by atoms with van der Waals surface area (Å²) in [6.45, 7) is 13.0. The molecule has 2 N–H and O–H groups in total. The molecule has 0 aliphatic carbocycles. The summed E-state index contributed by atoms with van der Waals surface area (Å²) in [4.78, 5) is 23.5. The Morgan fingerprint density at radius 3 is 2.54 bits per heavy atom. The largest absolute Gasteiger partial charge is 0.357 e. The molecule has 1 aliphatic rings. The molecule has 7 heteroatoms. The number of hydrogen-bond acceptors (Lipinski definition) is 4. The van der Waals surface area contributed by atoms with E-state index >= 15 is 0 Å². The molecular formula is C17H36N6O. The summed E-state index contributed by atoms with van der Waals surface area (Å²) >= 11 is 0. The molecule has 0 bridgehead atoms. The lowest BCUT2D eigenvalue weighted by atomic mass is 10.1. The summed E-state index contributed by atoms with van der Waals surface area (Å²) in [6, 6.07) is 0.411. The number of guanidine groups is 1. The van der Waals surface area contributed by atoms with Crippen molar-refractivity contribution in [2.24, 2.45) is 4.99 Å². The smallest absolute Gasteiger partial charge is 0.240 e. The van der Waals surface area contributed by atoms with Crippen LogP contribution >= 0.6 is 0 Å². The highest BCUT2D eigenvalue weighted by atomic mass is 16.2.